The fourth-order valence-corrected chi connectivity index (χ4v) is 15.8. The summed E-state index contributed by atoms with van der Waals surface area (Å²) in [5.74, 6) is 0.884. The second-order valence-corrected chi connectivity index (χ2v) is 24.5. The van der Waals surface area contributed by atoms with Gasteiger partial charge in [-0.05, 0) is 232 Å². The summed E-state index contributed by atoms with van der Waals surface area (Å²) in [7, 11) is 0. The molecule has 16 bridgehead atoms. The van der Waals surface area contributed by atoms with Crippen molar-refractivity contribution in [3.63, 3.8) is 0 Å². The Kier molecular flexibility index (Phi) is 14.0. The van der Waals surface area contributed by atoms with Crippen LogP contribution in [0.1, 0.15) is 207 Å². The number of ether oxygens (including phenoxy) is 1. The number of hydrogen-bond acceptors (Lipinski definition) is 1. The zero-order chi connectivity index (χ0) is 59.6. The second kappa shape index (κ2) is 21.3. The molecule has 0 saturated heterocycles. The Balaban J connectivity index is 1.07. The van der Waals surface area contributed by atoms with Crippen LogP contribution in [0, 0.1) is 55.4 Å². The minimum absolute atomic E-state index is 0.0447. The fourth-order valence-electron chi connectivity index (χ4n) is 15.8. The van der Waals surface area contributed by atoms with Crippen LogP contribution in [-0.4, -0.2) is 46.0 Å². The molecule has 0 fully saturated rings. The number of H-pyrrole nitrogens is 8. The van der Waals surface area contributed by atoms with Gasteiger partial charge in [-0.3, -0.25) is 0 Å². The normalized spacial score (nSPS) is 15.8. The van der Waals surface area contributed by atoms with E-state index < -0.39 is 0 Å². The predicted octanol–water partition coefficient (Wildman–Crippen LogP) is 10.4. The van der Waals surface area contributed by atoms with E-state index in [1.807, 2.05) is 0 Å². The molecule has 9 aromatic rings. The van der Waals surface area contributed by atoms with Crippen molar-refractivity contribution in [2.24, 2.45) is 0 Å². The third kappa shape index (κ3) is 8.52. The van der Waals surface area contributed by atoms with E-state index in [-0.39, 0.29) is 12.0 Å². The van der Waals surface area contributed by atoms with Crippen LogP contribution in [0.4, 0.5) is 0 Å². The van der Waals surface area contributed by atoms with Crippen LogP contribution < -0.4 is 47.5 Å². The third-order valence-electron chi connectivity index (χ3n) is 20.4. The highest BCUT2D eigenvalue weighted by molar-refractivity contribution is 5.88. The Labute approximate surface area is 500 Å². The summed E-state index contributed by atoms with van der Waals surface area (Å²) in [6.45, 7) is 36.7. The van der Waals surface area contributed by atoms with E-state index in [4.69, 9.17) is 4.74 Å². The van der Waals surface area contributed by atoms with Crippen LogP contribution in [0.2, 0.25) is 0 Å². The first-order valence-corrected chi connectivity index (χ1v) is 31.8. The lowest BCUT2D eigenvalue weighted by atomic mass is 9.81. The molecule has 1 aromatic carbocycles. The van der Waals surface area contributed by atoms with Gasteiger partial charge in [0.1, 0.15) is 11.9 Å². The van der Waals surface area contributed by atoms with Crippen LogP contribution in [0.25, 0.3) is 47.6 Å². The molecule has 1 aliphatic carbocycles. The average Bonchev–Trinajstić information content (AvgIpc) is 2.87. The number of fused-ring (bicyclic) bond motifs is 19. The first-order chi connectivity index (χ1) is 41.1. The molecule has 2 atom stereocenters. The van der Waals surface area contributed by atoms with Gasteiger partial charge in [0.05, 0.1) is 22.1 Å². The largest absolute Gasteiger partial charge is 0.484 e. The lowest BCUT2D eigenvalue weighted by Gasteiger charge is -2.25. The van der Waals surface area contributed by atoms with Crippen molar-refractivity contribution in [1.29, 1.82) is 0 Å². The van der Waals surface area contributed by atoms with Crippen molar-refractivity contribution in [1.82, 2.24) is 39.9 Å². The molecule has 8 aromatic heterocycles. The number of aromatic nitrogens is 8. The number of aromatic amines is 8. The topological polar surface area (TPSA) is 136 Å². The number of rotatable bonds is 10. The van der Waals surface area contributed by atoms with Crippen LogP contribution in [0.5, 0.6) is 5.75 Å². The number of hydrogen-bond donors (Lipinski definition) is 8. The number of allylic oxidation sites excluding steroid dienone is 2. The molecule has 3 aliphatic heterocycles. The Morgan fingerprint density at radius 3 is 1.22 bits per heavy atom. The molecule has 8 N–H and O–H groups in total. The van der Waals surface area contributed by atoms with Crippen molar-refractivity contribution in [3.8, 4) is 5.75 Å². The molecule has 2 unspecified atom stereocenters. The summed E-state index contributed by atoms with van der Waals surface area (Å²) >= 11 is 0. The fraction of sp³-hybridized carbons (Fsp3) is 0.342. The van der Waals surface area contributed by atoms with E-state index in [9.17, 15) is 0 Å². The monoisotopic (exact) mass is 1130 g/mol. The molecule has 0 saturated carbocycles. The molecule has 0 amide bonds. The van der Waals surface area contributed by atoms with E-state index in [2.05, 4.69) is 224 Å². The van der Waals surface area contributed by atoms with Gasteiger partial charge in [0, 0.05) is 100 Å². The van der Waals surface area contributed by atoms with E-state index in [1.165, 1.54) is 117 Å². The lowest BCUT2D eigenvalue weighted by Crippen LogP contribution is -2.28. The van der Waals surface area contributed by atoms with Crippen molar-refractivity contribution in [2.75, 3.05) is 0 Å². The molecule has 4 aliphatic rings. The van der Waals surface area contributed by atoms with E-state index >= 15 is 0 Å². The molecule has 9 nitrogen and oxygen atoms in total. The van der Waals surface area contributed by atoms with E-state index in [1.54, 1.807) is 0 Å². The summed E-state index contributed by atoms with van der Waals surface area (Å²) < 4.78 is 7.89. The Morgan fingerprint density at radius 1 is 0.365 bits per heavy atom. The van der Waals surface area contributed by atoms with Crippen LogP contribution in [0.15, 0.2) is 42.0 Å². The highest BCUT2D eigenvalue weighted by atomic mass is 16.5. The van der Waals surface area contributed by atoms with Crippen molar-refractivity contribution in [3.05, 3.63) is 230 Å². The Hall–Kier alpha value is -8.30. The molecule has 85 heavy (non-hydrogen) atoms. The number of nitrogens with one attached hydrogen (secondary N) is 8. The van der Waals surface area contributed by atoms with Crippen molar-refractivity contribution in [2.45, 2.75) is 174 Å². The van der Waals surface area contributed by atoms with Gasteiger partial charge in [0.15, 0.2) is 0 Å². The average molecular weight is 1130 g/mol. The van der Waals surface area contributed by atoms with Crippen molar-refractivity contribution >= 4 is 47.6 Å². The molecule has 13 rings (SSSR count). The summed E-state index contributed by atoms with van der Waals surface area (Å²) in [4.78, 5) is 32.3. The standard InChI is InChI=1S/C76H86N8O/c1-17-45-37(9)57-31-65-49(21-5)41(13)71(81-65)69(72-42(14)50(22-6)66(82-72)32-58-38(10)46(18-2)62(78-58)35-61(45)77-57)55-29-25-27-53-54-28-26-30-56(76(54)85-75(53)55)70-73-43(15)51(23-7)67(83-73)33-59-39(11)47(19-3)63(79-59)36-64-48(20-4)40(12)60(80-64)34-68-52(24-8)44(16)74(70)84-68/h25-36,53,75,77-84H,17-24H2,1-16H3. The summed E-state index contributed by atoms with van der Waals surface area (Å²) in [5, 5.41) is 9.11. The molecule has 0 radical (unpaired) electrons. The minimum Gasteiger partial charge on any atom is -0.484 e. The minimum atomic E-state index is -0.322. The number of benzene rings is 1. The van der Waals surface area contributed by atoms with Gasteiger partial charge in [-0.2, -0.15) is 0 Å². The molecule has 0 spiro atoms. The Bertz CT molecular complexity index is 4880. The van der Waals surface area contributed by atoms with Gasteiger partial charge in [-0.1, -0.05) is 91.8 Å². The summed E-state index contributed by atoms with van der Waals surface area (Å²) in [6, 6.07) is 6.89. The maximum absolute atomic E-state index is 7.89. The predicted molar refractivity (Wildman–Crippen MR) is 353 cm³/mol. The van der Waals surface area contributed by atoms with Gasteiger partial charge in [-0.25, -0.2) is 0 Å². The summed E-state index contributed by atoms with van der Waals surface area (Å²) in [6.07, 6.45) is 28.1. The maximum atomic E-state index is 7.89. The molecule has 11 heterocycles. The van der Waals surface area contributed by atoms with E-state index in [0.29, 0.717) is 0 Å². The highest BCUT2D eigenvalue weighted by Crippen LogP contribution is 2.50. The van der Waals surface area contributed by atoms with Gasteiger partial charge in [0.2, 0.25) is 0 Å². The van der Waals surface area contributed by atoms with Gasteiger partial charge in [0.25, 0.3) is 0 Å². The lowest BCUT2D eigenvalue weighted by molar-refractivity contribution is 0.260. The zero-order valence-electron chi connectivity index (χ0n) is 53.1. The smallest absolute Gasteiger partial charge is 0.135 e. The quantitative estimate of drug-likeness (QED) is 0.0680. The molecular weight excluding hydrogens is 1040 g/mol. The molecular formula is C76H86N8O. The summed E-state index contributed by atoms with van der Waals surface area (Å²) in [5.41, 5.74) is 35.6. The Morgan fingerprint density at radius 2 is 0.753 bits per heavy atom. The van der Waals surface area contributed by atoms with Gasteiger partial charge in [-0.15, -0.1) is 0 Å². The van der Waals surface area contributed by atoms with Crippen LogP contribution >= 0.6 is 0 Å². The number of para-hydroxylation sites is 1. The van der Waals surface area contributed by atoms with E-state index in [0.717, 1.165) is 146 Å². The first-order valence-electron chi connectivity index (χ1n) is 31.8. The first kappa shape index (κ1) is 55.9. The van der Waals surface area contributed by atoms with Gasteiger partial charge >= 0.3 is 0 Å². The third-order valence-corrected chi connectivity index (χ3v) is 20.4. The SMILES string of the molecule is CCc1c2[nH]c(c1C)C=c1[nH]c(c(C)c1CC)=C(C1=CC=CC3c4cccc(C5=c6[nH]c(c(CC)c6C)=Cc6[nH]c(c(CC)c6C)C=c6[nH]c(c(C)c6CC)=Cc6[nH]c5c(C)c6CC)c4OC13)c1[nH]c(c(CC)c1C)C=c1[nH]c(c(CC)c1C)=C2. The van der Waals surface area contributed by atoms with Crippen molar-refractivity contribution < 1.29 is 4.74 Å². The van der Waals surface area contributed by atoms with Gasteiger partial charge < -0.3 is 44.6 Å². The second-order valence-electron chi connectivity index (χ2n) is 24.5. The highest BCUT2D eigenvalue weighted by Gasteiger charge is 2.41. The maximum Gasteiger partial charge on any atom is 0.135 e. The van der Waals surface area contributed by atoms with Crippen LogP contribution in [0.3, 0.4) is 0 Å². The van der Waals surface area contributed by atoms with Crippen LogP contribution in [-0.2, 0) is 51.4 Å². The molecule has 9 heteroatoms. The molecule has 436 valence electrons. The zero-order valence-corrected chi connectivity index (χ0v) is 53.1.